The number of carbonyl (C=O) groups is 4. The second kappa shape index (κ2) is 9.71. The molecule has 11 heteroatoms. The first-order valence-corrected chi connectivity index (χ1v) is 12.6. The van der Waals surface area contributed by atoms with Gasteiger partial charge in [-0.05, 0) is 17.7 Å². The minimum absolute atomic E-state index is 0.0782. The highest BCUT2D eigenvalue weighted by atomic mass is 35.5. The monoisotopic (exact) mass is 524 g/mol. The summed E-state index contributed by atoms with van der Waals surface area (Å²) in [6.45, 7) is 0. The number of carbonyl (C=O) groups excluding carboxylic acids is 3. The topological polar surface area (TPSA) is 132 Å². The highest BCUT2D eigenvalue weighted by Crippen LogP contribution is 2.41. The molecule has 1 saturated heterocycles. The van der Waals surface area contributed by atoms with Crippen LogP contribution >= 0.6 is 23.4 Å². The van der Waals surface area contributed by atoms with Gasteiger partial charge in [0.2, 0.25) is 5.91 Å². The molecule has 0 saturated carbocycles. The van der Waals surface area contributed by atoms with Crippen LogP contribution in [0.3, 0.4) is 0 Å². The van der Waals surface area contributed by atoms with Crippen molar-refractivity contribution in [1.29, 1.82) is 0 Å². The molecular formula is C25H21ClN4O5S. The number of β-lactam (4-membered cyclic amide) rings is 1. The van der Waals surface area contributed by atoms with E-state index in [0.29, 0.717) is 5.69 Å². The lowest BCUT2D eigenvalue weighted by atomic mass is 10.0. The van der Waals surface area contributed by atoms with E-state index in [1.54, 1.807) is 6.07 Å². The Balaban J connectivity index is 1.34. The number of benzene rings is 2. The molecule has 2 aromatic carbocycles. The Morgan fingerprint density at radius 1 is 1.14 bits per heavy atom. The molecule has 0 spiro atoms. The van der Waals surface area contributed by atoms with Gasteiger partial charge in [0.25, 0.3) is 11.8 Å². The maximum atomic E-state index is 13.3. The molecule has 4 N–H and O–H groups in total. The first-order valence-electron chi connectivity index (χ1n) is 11.1. The first-order chi connectivity index (χ1) is 17.3. The van der Waals surface area contributed by atoms with E-state index in [0.717, 1.165) is 21.4 Å². The fourth-order valence-corrected chi connectivity index (χ4v) is 5.88. The maximum Gasteiger partial charge on any atom is 0.353 e. The normalized spacial score (nSPS) is 19.9. The van der Waals surface area contributed by atoms with Crippen molar-refractivity contribution >= 4 is 58.0 Å². The number of nitrogens with one attached hydrogen (secondary N) is 3. The minimum Gasteiger partial charge on any atom is -0.477 e. The number of rotatable bonds is 7. The number of aromatic nitrogens is 1. The number of hydrogen-bond acceptors (Lipinski definition) is 5. The Morgan fingerprint density at radius 2 is 1.86 bits per heavy atom. The summed E-state index contributed by atoms with van der Waals surface area (Å²) in [7, 11) is 0. The summed E-state index contributed by atoms with van der Waals surface area (Å²) in [6, 6.07) is 16.4. The first kappa shape index (κ1) is 24.0. The van der Waals surface area contributed by atoms with Crippen LogP contribution in [0.4, 0.5) is 0 Å². The SMILES string of the molecule is O=C(O)C1=C(Cl)CS[C@@H]2[C@H](NC(=O)[C@H](Cc3ccccc3)NC(=O)c3cc4ccccc4[nH]3)C(=O)N12. The van der Waals surface area contributed by atoms with Crippen LogP contribution in [0.15, 0.2) is 71.4 Å². The summed E-state index contributed by atoms with van der Waals surface area (Å²) in [6.07, 6.45) is 0.202. The number of aromatic amines is 1. The molecule has 184 valence electrons. The van der Waals surface area contributed by atoms with E-state index >= 15 is 0 Å². The summed E-state index contributed by atoms with van der Waals surface area (Å²) in [5.41, 5.74) is 1.67. The van der Waals surface area contributed by atoms with Crippen LogP contribution in [-0.4, -0.2) is 61.9 Å². The van der Waals surface area contributed by atoms with Crippen LogP contribution in [0.2, 0.25) is 0 Å². The molecule has 1 aromatic heterocycles. The summed E-state index contributed by atoms with van der Waals surface area (Å²) >= 11 is 7.29. The van der Waals surface area contributed by atoms with Gasteiger partial charge in [-0.25, -0.2) is 4.79 Å². The van der Waals surface area contributed by atoms with Crippen LogP contribution < -0.4 is 10.6 Å². The average molecular weight is 525 g/mol. The second-order valence-corrected chi connectivity index (χ2v) is 10.0. The van der Waals surface area contributed by atoms with Crippen molar-refractivity contribution in [2.24, 2.45) is 0 Å². The molecule has 3 heterocycles. The number of fused-ring (bicyclic) bond motifs is 2. The van der Waals surface area contributed by atoms with E-state index in [1.807, 2.05) is 54.6 Å². The van der Waals surface area contributed by atoms with Crippen LogP contribution in [0, 0.1) is 0 Å². The predicted molar refractivity (Wildman–Crippen MR) is 135 cm³/mol. The molecule has 3 atom stereocenters. The number of hydrogen-bond donors (Lipinski definition) is 4. The van der Waals surface area contributed by atoms with E-state index in [9.17, 15) is 24.3 Å². The number of halogens is 1. The number of aliphatic carboxylic acids is 1. The van der Waals surface area contributed by atoms with Gasteiger partial charge in [-0.2, -0.15) is 0 Å². The number of amides is 3. The molecule has 3 amide bonds. The number of H-pyrrole nitrogens is 1. The number of carboxylic acids is 1. The van der Waals surface area contributed by atoms with Crippen LogP contribution in [-0.2, 0) is 20.8 Å². The third kappa shape index (κ3) is 4.45. The van der Waals surface area contributed by atoms with Gasteiger partial charge >= 0.3 is 5.97 Å². The number of nitrogens with zero attached hydrogens (tertiary/aromatic N) is 1. The summed E-state index contributed by atoms with van der Waals surface area (Å²) in [5, 5.41) is 15.3. The van der Waals surface area contributed by atoms with Crippen LogP contribution in [0.25, 0.3) is 10.9 Å². The van der Waals surface area contributed by atoms with Crippen LogP contribution in [0.1, 0.15) is 16.1 Å². The van der Waals surface area contributed by atoms with Gasteiger partial charge in [-0.1, -0.05) is 60.1 Å². The van der Waals surface area contributed by atoms with E-state index in [4.69, 9.17) is 11.6 Å². The molecular weight excluding hydrogens is 504 g/mol. The third-order valence-corrected chi connectivity index (χ3v) is 7.85. The number of thioether (sulfide) groups is 1. The van der Waals surface area contributed by atoms with Crippen molar-refractivity contribution in [2.45, 2.75) is 23.9 Å². The largest absolute Gasteiger partial charge is 0.477 e. The highest BCUT2D eigenvalue weighted by Gasteiger charge is 2.54. The van der Waals surface area contributed by atoms with Crippen molar-refractivity contribution < 1.29 is 24.3 Å². The Morgan fingerprint density at radius 3 is 2.58 bits per heavy atom. The zero-order chi connectivity index (χ0) is 25.4. The van der Waals surface area contributed by atoms with Gasteiger partial charge in [-0.3, -0.25) is 19.3 Å². The van der Waals surface area contributed by atoms with E-state index in [2.05, 4.69) is 15.6 Å². The fourth-order valence-electron chi connectivity index (χ4n) is 4.33. The lowest BCUT2D eigenvalue weighted by Crippen LogP contribution is -2.71. The van der Waals surface area contributed by atoms with Gasteiger partial charge in [0.05, 0.1) is 5.03 Å². The molecule has 0 unspecified atom stereocenters. The molecule has 2 aliphatic heterocycles. The summed E-state index contributed by atoms with van der Waals surface area (Å²) in [4.78, 5) is 54.9. The van der Waals surface area contributed by atoms with E-state index in [-0.39, 0.29) is 22.9 Å². The Hall–Kier alpha value is -3.76. The van der Waals surface area contributed by atoms with Gasteiger partial charge < -0.3 is 20.7 Å². The van der Waals surface area contributed by atoms with E-state index in [1.165, 1.54) is 11.8 Å². The molecule has 3 aromatic rings. The Labute approximate surface area is 214 Å². The number of para-hydroxylation sites is 1. The Kier molecular flexibility index (Phi) is 6.46. The van der Waals surface area contributed by atoms with Gasteiger partial charge in [0, 0.05) is 23.1 Å². The average Bonchev–Trinajstić information content (AvgIpc) is 3.31. The lowest BCUT2D eigenvalue weighted by molar-refractivity contribution is -0.150. The van der Waals surface area contributed by atoms with Crippen molar-refractivity contribution in [3.05, 3.63) is 82.7 Å². The molecule has 0 aliphatic carbocycles. The quantitative estimate of drug-likeness (QED) is 0.351. The van der Waals surface area contributed by atoms with Gasteiger partial charge in [0.15, 0.2) is 0 Å². The zero-order valence-electron chi connectivity index (χ0n) is 18.7. The molecule has 9 nitrogen and oxygen atoms in total. The maximum absolute atomic E-state index is 13.3. The standard InChI is InChI=1S/C25H21ClN4O5S/c26-15-12-36-24-19(23(33)30(24)20(15)25(34)35)29-22(32)17(10-13-6-2-1-3-7-13)28-21(31)18-11-14-8-4-5-9-16(14)27-18/h1-9,11,17,19,24,27H,10,12H2,(H,28,31)(H,29,32)(H,34,35)/t17-,19+,24+/m0/s1. The molecule has 36 heavy (non-hydrogen) atoms. The molecule has 5 rings (SSSR count). The van der Waals surface area contributed by atoms with Crippen molar-refractivity contribution in [1.82, 2.24) is 20.5 Å². The zero-order valence-corrected chi connectivity index (χ0v) is 20.3. The molecule has 1 fully saturated rings. The lowest BCUT2D eigenvalue weighted by Gasteiger charge is -2.49. The van der Waals surface area contributed by atoms with E-state index < -0.39 is 41.1 Å². The number of carboxylic acid groups (broad SMARTS) is 1. The third-order valence-electron chi connectivity index (χ3n) is 6.10. The summed E-state index contributed by atoms with van der Waals surface area (Å²) < 4.78 is 0. The van der Waals surface area contributed by atoms with Crippen molar-refractivity contribution in [3.8, 4) is 0 Å². The fraction of sp³-hybridized carbons (Fsp3) is 0.200. The summed E-state index contributed by atoms with van der Waals surface area (Å²) in [5.74, 6) is -2.64. The second-order valence-electron chi connectivity index (χ2n) is 8.44. The molecule has 0 bridgehead atoms. The molecule has 2 aliphatic rings. The van der Waals surface area contributed by atoms with Gasteiger partial charge in [0.1, 0.15) is 28.8 Å². The predicted octanol–water partition coefficient (Wildman–Crippen LogP) is 2.44. The Bertz CT molecular complexity index is 1370. The molecule has 0 radical (unpaired) electrons. The smallest absolute Gasteiger partial charge is 0.353 e. The minimum atomic E-state index is -1.30. The van der Waals surface area contributed by atoms with Crippen molar-refractivity contribution in [2.75, 3.05) is 5.75 Å². The highest BCUT2D eigenvalue weighted by molar-refractivity contribution is 8.00. The van der Waals surface area contributed by atoms with Gasteiger partial charge in [-0.15, -0.1) is 11.8 Å². The van der Waals surface area contributed by atoms with Crippen LogP contribution in [0.5, 0.6) is 0 Å². The van der Waals surface area contributed by atoms with Crippen molar-refractivity contribution in [3.63, 3.8) is 0 Å².